The highest BCUT2D eigenvalue weighted by atomic mass is 16.2. The first kappa shape index (κ1) is 16.5. The van der Waals surface area contributed by atoms with Crippen molar-refractivity contribution in [1.82, 2.24) is 9.80 Å². The highest BCUT2D eigenvalue weighted by Gasteiger charge is 2.35. The van der Waals surface area contributed by atoms with Crippen molar-refractivity contribution in [3.05, 3.63) is 35.9 Å². The van der Waals surface area contributed by atoms with Crippen LogP contribution in [0, 0.1) is 5.92 Å². The van der Waals surface area contributed by atoms with Crippen molar-refractivity contribution >= 4 is 11.8 Å². The van der Waals surface area contributed by atoms with Gasteiger partial charge in [0.15, 0.2) is 0 Å². The van der Waals surface area contributed by atoms with Crippen LogP contribution in [-0.2, 0) is 15.0 Å². The van der Waals surface area contributed by atoms with E-state index in [4.69, 9.17) is 0 Å². The van der Waals surface area contributed by atoms with Gasteiger partial charge in [0, 0.05) is 32.1 Å². The minimum atomic E-state index is -0.536. The smallest absolute Gasteiger partial charge is 0.232 e. The van der Waals surface area contributed by atoms with Gasteiger partial charge in [0.1, 0.15) is 0 Å². The van der Waals surface area contributed by atoms with E-state index in [1.54, 1.807) is 0 Å². The number of piperazine rings is 1. The lowest BCUT2D eigenvalue weighted by Gasteiger charge is -2.39. The number of amides is 2. The van der Waals surface area contributed by atoms with Gasteiger partial charge in [0.2, 0.25) is 11.8 Å². The van der Waals surface area contributed by atoms with Crippen LogP contribution < -0.4 is 0 Å². The Bertz CT molecular complexity index is 529. The fraction of sp³-hybridized carbons (Fsp3) is 0.556. The first-order chi connectivity index (χ1) is 10.3. The van der Waals surface area contributed by atoms with Crippen LogP contribution in [0.1, 0.15) is 33.3 Å². The highest BCUT2D eigenvalue weighted by Crippen LogP contribution is 2.26. The summed E-state index contributed by atoms with van der Waals surface area (Å²) < 4.78 is 0. The molecule has 0 bridgehead atoms. The Morgan fingerprint density at radius 2 is 1.45 bits per heavy atom. The van der Waals surface area contributed by atoms with E-state index in [9.17, 15) is 9.59 Å². The van der Waals surface area contributed by atoms with Gasteiger partial charge in [-0.05, 0) is 19.4 Å². The van der Waals surface area contributed by atoms with Crippen LogP contribution in [0.3, 0.4) is 0 Å². The molecule has 1 fully saturated rings. The van der Waals surface area contributed by atoms with Gasteiger partial charge < -0.3 is 9.80 Å². The number of rotatable bonds is 3. The molecule has 4 heteroatoms. The largest absolute Gasteiger partial charge is 0.339 e. The maximum atomic E-state index is 12.9. The maximum absolute atomic E-state index is 12.9. The van der Waals surface area contributed by atoms with E-state index in [1.165, 1.54) is 0 Å². The van der Waals surface area contributed by atoms with Crippen LogP contribution in [0.15, 0.2) is 30.3 Å². The summed E-state index contributed by atoms with van der Waals surface area (Å²) >= 11 is 0. The zero-order valence-corrected chi connectivity index (χ0v) is 14.0. The Morgan fingerprint density at radius 1 is 0.955 bits per heavy atom. The Kier molecular flexibility index (Phi) is 4.89. The van der Waals surface area contributed by atoms with Gasteiger partial charge in [0.05, 0.1) is 5.41 Å². The van der Waals surface area contributed by atoms with E-state index >= 15 is 0 Å². The molecule has 1 heterocycles. The Labute approximate surface area is 133 Å². The van der Waals surface area contributed by atoms with E-state index in [2.05, 4.69) is 0 Å². The summed E-state index contributed by atoms with van der Waals surface area (Å²) in [5.41, 5.74) is 0.492. The molecule has 22 heavy (non-hydrogen) atoms. The molecule has 2 amide bonds. The maximum Gasteiger partial charge on any atom is 0.232 e. The predicted octanol–water partition coefficient (Wildman–Crippen LogP) is 2.29. The lowest BCUT2D eigenvalue weighted by atomic mass is 9.83. The standard InChI is InChI=1S/C18H26N2O2/c1-14(2)16(21)19-10-12-20(13-11-19)17(22)18(3,4)15-8-6-5-7-9-15/h5-9,14H,10-13H2,1-4H3. The normalized spacial score (nSPS) is 16.0. The molecule has 4 nitrogen and oxygen atoms in total. The second-order valence-electron chi connectivity index (χ2n) is 6.76. The molecule has 0 aromatic heterocycles. The van der Waals surface area contributed by atoms with Crippen molar-refractivity contribution in [2.45, 2.75) is 33.1 Å². The van der Waals surface area contributed by atoms with Crippen molar-refractivity contribution < 1.29 is 9.59 Å². The van der Waals surface area contributed by atoms with Crippen molar-refractivity contribution in [3.8, 4) is 0 Å². The first-order valence-corrected chi connectivity index (χ1v) is 7.97. The lowest BCUT2D eigenvalue weighted by Crippen LogP contribution is -2.54. The second-order valence-corrected chi connectivity index (χ2v) is 6.76. The summed E-state index contributed by atoms with van der Waals surface area (Å²) in [5.74, 6) is 0.327. The molecule has 1 aliphatic rings. The number of hydrogen-bond donors (Lipinski definition) is 0. The molecule has 0 aliphatic carbocycles. The van der Waals surface area contributed by atoms with Gasteiger partial charge in [-0.15, -0.1) is 0 Å². The molecular weight excluding hydrogens is 276 g/mol. The summed E-state index contributed by atoms with van der Waals surface area (Å²) in [6.07, 6.45) is 0. The third-order valence-corrected chi connectivity index (χ3v) is 4.40. The SMILES string of the molecule is CC(C)C(=O)N1CCN(C(=O)C(C)(C)c2ccccc2)CC1. The number of carbonyl (C=O) groups is 2. The molecule has 0 N–H and O–H groups in total. The molecule has 1 aromatic rings. The van der Waals surface area contributed by atoms with E-state index in [1.807, 2.05) is 67.8 Å². The molecule has 1 saturated heterocycles. The van der Waals surface area contributed by atoms with Crippen molar-refractivity contribution in [1.29, 1.82) is 0 Å². The van der Waals surface area contributed by atoms with Gasteiger partial charge in [0.25, 0.3) is 0 Å². The van der Waals surface area contributed by atoms with Crippen LogP contribution in [0.4, 0.5) is 0 Å². The quantitative estimate of drug-likeness (QED) is 0.859. The topological polar surface area (TPSA) is 40.6 Å². The summed E-state index contributed by atoms with van der Waals surface area (Å²) in [4.78, 5) is 28.6. The Balaban J connectivity index is 2.02. The fourth-order valence-corrected chi connectivity index (χ4v) is 2.87. The number of nitrogens with zero attached hydrogens (tertiary/aromatic N) is 2. The van der Waals surface area contributed by atoms with E-state index in [-0.39, 0.29) is 17.7 Å². The Morgan fingerprint density at radius 3 is 1.95 bits per heavy atom. The summed E-state index contributed by atoms with van der Waals surface area (Å²) in [6.45, 7) is 10.3. The highest BCUT2D eigenvalue weighted by molar-refractivity contribution is 5.87. The zero-order valence-electron chi connectivity index (χ0n) is 14.0. The molecule has 0 radical (unpaired) electrons. The third kappa shape index (κ3) is 3.32. The van der Waals surface area contributed by atoms with Crippen molar-refractivity contribution in [2.75, 3.05) is 26.2 Å². The van der Waals surface area contributed by atoms with E-state index < -0.39 is 5.41 Å². The molecule has 1 aromatic carbocycles. The molecule has 0 unspecified atom stereocenters. The second kappa shape index (κ2) is 6.51. The minimum Gasteiger partial charge on any atom is -0.339 e. The third-order valence-electron chi connectivity index (χ3n) is 4.40. The van der Waals surface area contributed by atoms with Crippen LogP contribution in [0.5, 0.6) is 0 Å². The molecule has 0 spiro atoms. The van der Waals surface area contributed by atoms with Crippen LogP contribution in [-0.4, -0.2) is 47.8 Å². The number of carbonyl (C=O) groups excluding carboxylic acids is 2. The Hall–Kier alpha value is -1.84. The van der Waals surface area contributed by atoms with Crippen LogP contribution >= 0.6 is 0 Å². The van der Waals surface area contributed by atoms with Gasteiger partial charge in [-0.2, -0.15) is 0 Å². The molecular formula is C18H26N2O2. The summed E-state index contributed by atoms with van der Waals surface area (Å²) in [7, 11) is 0. The number of hydrogen-bond acceptors (Lipinski definition) is 2. The average molecular weight is 302 g/mol. The summed E-state index contributed by atoms with van der Waals surface area (Å²) in [5, 5.41) is 0. The fourth-order valence-electron chi connectivity index (χ4n) is 2.87. The van der Waals surface area contributed by atoms with E-state index in [0.717, 1.165) is 5.56 Å². The van der Waals surface area contributed by atoms with Gasteiger partial charge >= 0.3 is 0 Å². The molecule has 0 atom stereocenters. The molecule has 0 saturated carbocycles. The van der Waals surface area contributed by atoms with Gasteiger partial charge in [-0.25, -0.2) is 0 Å². The van der Waals surface area contributed by atoms with Gasteiger partial charge in [-0.3, -0.25) is 9.59 Å². The average Bonchev–Trinajstić information content (AvgIpc) is 2.54. The predicted molar refractivity (Wildman–Crippen MR) is 87.5 cm³/mol. The van der Waals surface area contributed by atoms with E-state index in [0.29, 0.717) is 26.2 Å². The lowest BCUT2D eigenvalue weighted by molar-refractivity contribution is -0.144. The molecule has 120 valence electrons. The number of benzene rings is 1. The van der Waals surface area contributed by atoms with Crippen molar-refractivity contribution in [3.63, 3.8) is 0 Å². The first-order valence-electron chi connectivity index (χ1n) is 7.97. The molecule has 2 rings (SSSR count). The molecule has 1 aliphatic heterocycles. The van der Waals surface area contributed by atoms with Crippen LogP contribution in [0.25, 0.3) is 0 Å². The summed E-state index contributed by atoms with van der Waals surface area (Å²) in [6, 6.07) is 9.88. The van der Waals surface area contributed by atoms with Crippen molar-refractivity contribution in [2.24, 2.45) is 5.92 Å². The zero-order chi connectivity index (χ0) is 16.3. The minimum absolute atomic E-state index is 0.0167. The van der Waals surface area contributed by atoms with Crippen LogP contribution in [0.2, 0.25) is 0 Å². The van der Waals surface area contributed by atoms with Gasteiger partial charge in [-0.1, -0.05) is 44.2 Å². The monoisotopic (exact) mass is 302 g/mol.